The molecule has 1 spiro atoms. The van der Waals surface area contributed by atoms with Gasteiger partial charge in [0.05, 0.1) is 23.2 Å². The standard InChI is InChI=1S/C32H30N2O4/c1-5-6-15-34-30(36)29-27(28(35)23-16-20(3)21(4)17-26(23)38-29)32(34)24-13-9-10-14-25(24)33(31(32)37)18-22-12-8-7-11-19(22)2/h7-14,16-17H,5-6,15,18H2,1-4H3. The smallest absolute Gasteiger partial charge is 0.291 e. The molecule has 0 aliphatic carbocycles. The monoisotopic (exact) mass is 506 g/mol. The summed E-state index contributed by atoms with van der Waals surface area (Å²) in [5.74, 6) is -0.727. The van der Waals surface area contributed by atoms with Gasteiger partial charge in [-0.1, -0.05) is 55.8 Å². The first-order chi connectivity index (χ1) is 18.3. The summed E-state index contributed by atoms with van der Waals surface area (Å²) in [5, 5.41) is 0.388. The molecule has 6 nitrogen and oxygen atoms in total. The predicted molar refractivity (Wildman–Crippen MR) is 147 cm³/mol. The molecule has 1 unspecified atom stereocenters. The average Bonchev–Trinajstić information content (AvgIpc) is 3.30. The Hall–Kier alpha value is -4.19. The normalized spacial score (nSPS) is 18.1. The van der Waals surface area contributed by atoms with Crippen LogP contribution in [0.4, 0.5) is 5.69 Å². The van der Waals surface area contributed by atoms with Crippen molar-refractivity contribution < 1.29 is 14.0 Å². The maximum Gasteiger partial charge on any atom is 0.291 e. The van der Waals surface area contributed by atoms with Crippen molar-refractivity contribution >= 4 is 28.5 Å². The van der Waals surface area contributed by atoms with Crippen LogP contribution in [0, 0.1) is 20.8 Å². The number of anilines is 1. The third-order valence-corrected chi connectivity index (χ3v) is 8.18. The highest BCUT2D eigenvalue weighted by molar-refractivity contribution is 6.17. The minimum absolute atomic E-state index is 0.0252. The fourth-order valence-corrected chi connectivity index (χ4v) is 5.98. The number of amides is 2. The lowest BCUT2D eigenvalue weighted by Crippen LogP contribution is -2.53. The second-order valence-corrected chi connectivity index (χ2v) is 10.4. The van der Waals surface area contributed by atoms with Gasteiger partial charge in [0.25, 0.3) is 11.8 Å². The van der Waals surface area contributed by atoms with Gasteiger partial charge in [0.2, 0.25) is 5.76 Å². The molecule has 0 saturated carbocycles. The lowest BCUT2D eigenvalue weighted by atomic mass is 9.83. The van der Waals surface area contributed by atoms with Crippen molar-refractivity contribution in [2.45, 2.75) is 52.6 Å². The van der Waals surface area contributed by atoms with E-state index in [1.54, 1.807) is 21.9 Å². The summed E-state index contributed by atoms with van der Waals surface area (Å²) >= 11 is 0. The van der Waals surface area contributed by atoms with Crippen LogP contribution in [0.25, 0.3) is 11.0 Å². The first-order valence-corrected chi connectivity index (χ1v) is 13.2. The van der Waals surface area contributed by atoms with Crippen molar-refractivity contribution in [2.24, 2.45) is 0 Å². The zero-order chi connectivity index (χ0) is 26.8. The zero-order valence-electron chi connectivity index (χ0n) is 22.1. The summed E-state index contributed by atoms with van der Waals surface area (Å²) in [5.41, 5.74) is 3.98. The number of para-hydroxylation sites is 1. The topological polar surface area (TPSA) is 70.8 Å². The number of hydrogen-bond acceptors (Lipinski definition) is 4. The number of benzene rings is 3. The number of unbranched alkanes of at least 4 members (excludes halogenated alkanes) is 1. The number of nitrogens with zero attached hydrogens (tertiary/aromatic N) is 2. The Balaban J connectivity index is 1.66. The Morgan fingerprint density at radius 1 is 0.868 bits per heavy atom. The Labute approximate surface area is 221 Å². The van der Waals surface area contributed by atoms with Gasteiger partial charge in [0, 0.05) is 12.1 Å². The largest absolute Gasteiger partial charge is 0.450 e. The van der Waals surface area contributed by atoms with Crippen LogP contribution in [0.15, 0.2) is 69.9 Å². The highest BCUT2D eigenvalue weighted by Crippen LogP contribution is 2.53. The highest BCUT2D eigenvalue weighted by atomic mass is 16.3. The molecule has 4 aromatic rings. The van der Waals surface area contributed by atoms with Gasteiger partial charge in [0.1, 0.15) is 5.58 Å². The van der Waals surface area contributed by atoms with E-state index in [9.17, 15) is 14.4 Å². The lowest BCUT2D eigenvalue weighted by Gasteiger charge is -2.34. The fourth-order valence-electron chi connectivity index (χ4n) is 5.98. The Bertz CT molecular complexity index is 1700. The quantitative estimate of drug-likeness (QED) is 0.345. The van der Waals surface area contributed by atoms with Gasteiger partial charge in [-0.15, -0.1) is 0 Å². The Kier molecular flexibility index (Phi) is 5.53. The van der Waals surface area contributed by atoms with Crippen molar-refractivity contribution in [3.63, 3.8) is 0 Å². The predicted octanol–water partition coefficient (Wildman–Crippen LogP) is 5.76. The van der Waals surface area contributed by atoms with E-state index in [-0.39, 0.29) is 22.7 Å². The van der Waals surface area contributed by atoms with E-state index < -0.39 is 11.4 Å². The first kappa shape index (κ1) is 24.2. The molecule has 3 aromatic carbocycles. The minimum Gasteiger partial charge on any atom is -0.450 e. The highest BCUT2D eigenvalue weighted by Gasteiger charge is 2.64. The molecule has 0 saturated heterocycles. The van der Waals surface area contributed by atoms with Crippen LogP contribution < -0.4 is 10.3 Å². The molecular formula is C32H30N2O4. The third kappa shape index (κ3) is 3.16. The summed E-state index contributed by atoms with van der Waals surface area (Å²) in [6.45, 7) is 8.62. The van der Waals surface area contributed by atoms with Crippen molar-refractivity contribution in [1.29, 1.82) is 0 Å². The lowest BCUT2D eigenvalue weighted by molar-refractivity contribution is -0.126. The molecule has 1 atom stereocenters. The summed E-state index contributed by atoms with van der Waals surface area (Å²) in [6, 6.07) is 19.1. The molecule has 0 fully saturated rings. The van der Waals surface area contributed by atoms with Gasteiger partial charge in [-0.05, 0) is 67.6 Å². The van der Waals surface area contributed by atoms with Crippen LogP contribution in [-0.4, -0.2) is 23.3 Å². The summed E-state index contributed by atoms with van der Waals surface area (Å²) in [6.07, 6.45) is 1.53. The number of carbonyl (C=O) groups is 2. The third-order valence-electron chi connectivity index (χ3n) is 8.18. The van der Waals surface area contributed by atoms with Gasteiger partial charge < -0.3 is 14.2 Å². The minimum atomic E-state index is -1.56. The number of carbonyl (C=O) groups excluding carboxylic acids is 2. The molecule has 192 valence electrons. The number of fused-ring (bicyclic) bond motifs is 5. The molecule has 1 aromatic heterocycles. The average molecular weight is 507 g/mol. The van der Waals surface area contributed by atoms with Gasteiger partial charge in [0.15, 0.2) is 11.0 Å². The number of rotatable bonds is 5. The fraction of sp³-hybridized carbons (Fsp3) is 0.281. The summed E-state index contributed by atoms with van der Waals surface area (Å²) < 4.78 is 6.20. The second-order valence-electron chi connectivity index (χ2n) is 10.4. The van der Waals surface area contributed by atoms with Crippen molar-refractivity contribution in [3.05, 3.63) is 110 Å². The van der Waals surface area contributed by atoms with Crippen LogP contribution in [0.1, 0.15) is 63.7 Å². The number of hydrogen-bond donors (Lipinski definition) is 0. The van der Waals surface area contributed by atoms with E-state index in [1.165, 1.54) is 0 Å². The van der Waals surface area contributed by atoms with E-state index in [0.29, 0.717) is 41.7 Å². The maximum absolute atomic E-state index is 14.7. The van der Waals surface area contributed by atoms with Crippen LogP contribution in [0.2, 0.25) is 0 Å². The summed E-state index contributed by atoms with van der Waals surface area (Å²) in [4.78, 5) is 46.3. The van der Waals surface area contributed by atoms with Gasteiger partial charge in [-0.3, -0.25) is 14.4 Å². The first-order valence-electron chi connectivity index (χ1n) is 13.2. The Morgan fingerprint density at radius 3 is 2.34 bits per heavy atom. The van der Waals surface area contributed by atoms with E-state index in [4.69, 9.17) is 4.42 Å². The zero-order valence-corrected chi connectivity index (χ0v) is 22.1. The van der Waals surface area contributed by atoms with E-state index in [2.05, 4.69) is 0 Å². The molecule has 2 aliphatic heterocycles. The molecule has 0 N–H and O–H groups in total. The molecule has 2 aliphatic rings. The van der Waals surface area contributed by atoms with E-state index >= 15 is 0 Å². The van der Waals surface area contributed by atoms with Crippen LogP contribution in [0.3, 0.4) is 0 Å². The van der Waals surface area contributed by atoms with Crippen molar-refractivity contribution in [1.82, 2.24) is 4.90 Å². The molecule has 0 radical (unpaired) electrons. The second kappa shape index (κ2) is 8.69. The van der Waals surface area contributed by atoms with Gasteiger partial charge in [-0.25, -0.2) is 0 Å². The van der Waals surface area contributed by atoms with Crippen LogP contribution in [0.5, 0.6) is 0 Å². The van der Waals surface area contributed by atoms with Gasteiger partial charge >= 0.3 is 0 Å². The van der Waals surface area contributed by atoms with Crippen LogP contribution >= 0.6 is 0 Å². The molecule has 3 heterocycles. The molecule has 6 rings (SSSR count). The molecule has 6 heteroatoms. The van der Waals surface area contributed by atoms with Crippen molar-refractivity contribution in [2.75, 3.05) is 11.4 Å². The maximum atomic E-state index is 14.7. The SMILES string of the molecule is CCCCN1C(=O)c2oc3cc(C)c(C)cc3c(=O)c2C12C(=O)N(Cc1ccccc1C)c1ccccc12. The molecule has 0 bridgehead atoms. The van der Waals surface area contributed by atoms with E-state index in [0.717, 1.165) is 28.7 Å². The molecular weight excluding hydrogens is 476 g/mol. The summed E-state index contributed by atoms with van der Waals surface area (Å²) in [7, 11) is 0. The molecule has 2 amide bonds. The van der Waals surface area contributed by atoms with Gasteiger partial charge in [-0.2, -0.15) is 0 Å². The number of aryl methyl sites for hydroxylation is 3. The van der Waals surface area contributed by atoms with Crippen molar-refractivity contribution in [3.8, 4) is 0 Å². The van der Waals surface area contributed by atoms with Crippen LogP contribution in [-0.2, 0) is 16.9 Å². The Morgan fingerprint density at radius 2 is 1.58 bits per heavy atom. The van der Waals surface area contributed by atoms with E-state index in [1.807, 2.05) is 76.2 Å². The molecule has 38 heavy (non-hydrogen) atoms.